The Kier molecular flexibility index (Phi) is 4.72. The fourth-order valence-electron chi connectivity index (χ4n) is 3.85. The maximum absolute atomic E-state index is 12.4. The van der Waals surface area contributed by atoms with E-state index in [1.54, 1.807) is 24.3 Å². The van der Waals surface area contributed by atoms with E-state index in [9.17, 15) is 9.59 Å². The van der Waals surface area contributed by atoms with Crippen LogP contribution in [0.5, 0.6) is 0 Å². The van der Waals surface area contributed by atoms with Crippen LogP contribution >= 0.6 is 23.2 Å². The molecule has 0 spiro atoms. The van der Waals surface area contributed by atoms with Crippen LogP contribution in [0.4, 0.5) is 0 Å². The Morgan fingerprint density at radius 3 is 1.44 bits per heavy atom. The molecule has 0 saturated heterocycles. The molecular weight excluding hydrogens is 475 g/mol. The zero-order chi connectivity index (χ0) is 23.4. The number of hydrogen-bond donors (Lipinski definition) is 0. The van der Waals surface area contributed by atoms with Crippen molar-refractivity contribution in [3.63, 3.8) is 0 Å². The molecule has 0 bridgehead atoms. The van der Waals surface area contributed by atoms with Gasteiger partial charge in [-0.2, -0.15) is 0 Å². The third-order valence-electron chi connectivity index (χ3n) is 5.51. The van der Waals surface area contributed by atoms with Crippen LogP contribution in [0.1, 0.15) is 0 Å². The molecule has 0 aliphatic heterocycles. The second-order valence-corrected chi connectivity index (χ2v) is 8.59. The van der Waals surface area contributed by atoms with Crippen molar-refractivity contribution in [1.29, 1.82) is 0 Å². The minimum atomic E-state index is -0.503. The van der Waals surface area contributed by atoms with E-state index in [0.717, 1.165) is 10.8 Å². The summed E-state index contributed by atoms with van der Waals surface area (Å²) in [5.74, 6) is 0.429. The van der Waals surface area contributed by atoms with Crippen molar-refractivity contribution in [2.24, 2.45) is 0 Å². The highest BCUT2D eigenvalue weighted by atomic mass is 35.5. The van der Waals surface area contributed by atoms with Crippen molar-refractivity contribution in [3.05, 3.63) is 104 Å². The molecule has 0 atom stereocenters. The fourth-order valence-corrected chi connectivity index (χ4v) is 4.19. The molecule has 6 rings (SSSR count). The maximum atomic E-state index is 12.4. The van der Waals surface area contributed by atoms with Crippen LogP contribution in [-0.2, 0) is 0 Å². The predicted molar refractivity (Wildman–Crippen MR) is 133 cm³/mol. The Hall–Kier alpha value is -4.00. The van der Waals surface area contributed by atoms with E-state index in [2.05, 4.69) is 9.97 Å². The number of nitrogens with zero attached hydrogens (tertiary/aromatic N) is 2. The van der Waals surface area contributed by atoms with Crippen molar-refractivity contribution >= 4 is 55.8 Å². The summed E-state index contributed by atoms with van der Waals surface area (Å²) in [5.41, 5.74) is 1.31. The van der Waals surface area contributed by atoms with Gasteiger partial charge in [0.05, 0.1) is 21.8 Å². The summed E-state index contributed by atoms with van der Waals surface area (Å²) in [6.07, 6.45) is 0. The second-order valence-electron chi connectivity index (χ2n) is 7.71. The summed E-state index contributed by atoms with van der Waals surface area (Å²) >= 11 is 11.9. The van der Waals surface area contributed by atoms with Crippen LogP contribution in [-0.4, -0.2) is 9.97 Å². The van der Waals surface area contributed by atoms with Gasteiger partial charge in [-0.3, -0.25) is 0 Å². The number of halogens is 2. The number of hydrogen-bond acceptors (Lipinski definition) is 6. The molecule has 0 radical (unpaired) electrons. The summed E-state index contributed by atoms with van der Waals surface area (Å²) in [7, 11) is 0. The summed E-state index contributed by atoms with van der Waals surface area (Å²) in [6, 6.07) is 20.9. The lowest BCUT2D eigenvalue weighted by Crippen LogP contribution is -2.03. The largest absolute Gasteiger partial charge is 0.403 e. The highest BCUT2D eigenvalue weighted by Crippen LogP contribution is 2.28. The first kappa shape index (κ1) is 20.6. The van der Waals surface area contributed by atoms with Crippen molar-refractivity contribution in [2.45, 2.75) is 0 Å². The van der Waals surface area contributed by atoms with Gasteiger partial charge in [-0.1, -0.05) is 35.3 Å². The average molecular weight is 487 g/mol. The number of aromatic nitrogens is 2. The molecule has 0 amide bonds. The van der Waals surface area contributed by atoms with E-state index in [1.165, 1.54) is 12.1 Å². The summed E-state index contributed by atoms with van der Waals surface area (Å²) in [5, 5.41) is 3.31. The first-order chi connectivity index (χ1) is 16.4. The normalized spacial score (nSPS) is 11.5. The van der Waals surface area contributed by atoms with E-state index >= 15 is 0 Å². The minimum Gasteiger partial charge on any atom is -0.403 e. The Morgan fingerprint density at radius 1 is 0.559 bits per heavy atom. The second kappa shape index (κ2) is 7.80. The van der Waals surface area contributed by atoms with Gasteiger partial charge in [-0.05, 0) is 71.4 Å². The van der Waals surface area contributed by atoms with Gasteiger partial charge in [-0.15, -0.1) is 0 Å². The van der Waals surface area contributed by atoms with Crippen molar-refractivity contribution in [3.8, 4) is 22.9 Å². The van der Waals surface area contributed by atoms with Crippen LogP contribution in [0.25, 0.3) is 55.5 Å². The highest BCUT2D eigenvalue weighted by molar-refractivity contribution is 6.31. The highest BCUT2D eigenvalue weighted by Gasteiger charge is 2.12. The van der Waals surface area contributed by atoms with E-state index in [1.807, 2.05) is 36.4 Å². The van der Waals surface area contributed by atoms with Gasteiger partial charge in [0.2, 0.25) is 11.8 Å². The van der Waals surface area contributed by atoms with Gasteiger partial charge in [0, 0.05) is 21.2 Å². The van der Waals surface area contributed by atoms with Crippen LogP contribution in [0.15, 0.2) is 91.2 Å². The summed E-state index contributed by atoms with van der Waals surface area (Å²) < 4.78 is 10.9. The van der Waals surface area contributed by atoms with Crippen LogP contribution < -0.4 is 11.3 Å². The van der Waals surface area contributed by atoms with Gasteiger partial charge >= 0.3 is 11.3 Å². The summed E-state index contributed by atoms with van der Waals surface area (Å²) in [6.45, 7) is 0. The molecule has 0 fully saturated rings. The first-order valence-electron chi connectivity index (χ1n) is 10.2. The molecule has 2 heterocycles. The first-order valence-corrected chi connectivity index (χ1v) is 11.0. The molecule has 0 saturated carbocycles. The van der Waals surface area contributed by atoms with E-state index in [4.69, 9.17) is 32.0 Å². The molecule has 4 aromatic carbocycles. The quantitative estimate of drug-likeness (QED) is 0.278. The molecule has 0 aliphatic rings. The van der Waals surface area contributed by atoms with Crippen molar-refractivity contribution < 1.29 is 8.83 Å². The Bertz CT molecular complexity index is 1750. The Labute approximate surface area is 201 Å². The van der Waals surface area contributed by atoms with Crippen molar-refractivity contribution in [1.82, 2.24) is 9.97 Å². The van der Waals surface area contributed by atoms with Gasteiger partial charge in [-0.25, -0.2) is 19.6 Å². The minimum absolute atomic E-state index is 0.214. The lowest BCUT2D eigenvalue weighted by molar-refractivity contribution is 0.518. The molecule has 0 aliphatic carbocycles. The molecule has 0 N–H and O–H groups in total. The molecule has 34 heavy (non-hydrogen) atoms. The molecule has 6 nitrogen and oxygen atoms in total. The van der Waals surface area contributed by atoms with Crippen LogP contribution in [0, 0.1) is 0 Å². The zero-order valence-electron chi connectivity index (χ0n) is 17.2. The molecule has 164 valence electrons. The number of fused-ring (bicyclic) bond motifs is 3. The Morgan fingerprint density at radius 2 is 1.00 bits per heavy atom. The lowest BCUT2D eigenvalue weighted by atomic mass is 10.0. The monoisotopic (exact) mass is 486 g/mol. The summed E-state index contributed by atoms with van der Waals surface area (Å²) in [4.78, 5) is 33.8. The van der Waals surface area contributed by atoms with Gasteiger partial charge < -0.3 is 8.83 Å². The van der Waals surface area contributed by atoms with Gasteiger partial charge in [0.1, 0.15) is 0 Å². The third-order valence-corrected chi connectivity index (χ3v) is 5.98. The van der Waals surface area contributed by atoms with E-state index in [0.29, 0.717) is 43.0 Å². The maximum Gasteiger partial charge on any atom is 0.347 e. The fraction of sp³-hybridized carbons (Fsp3) is 0. The molecular formula is C26H12Cl2N2O4. The van der Waals surface area contributed by atoms with Gasteiger partial charge in [0.25, 0.3) is 0 Å². The smallest absolute Gasteiger partial charge is 0.347 e. The third kappa shape index (κ3) is 3.53. The number of benzene rings is 4. The molecule has 0 unspecified atom stereocenters. The number of rotatable bonds is 2. The van der Waals surface area contributed by atoms with Crippen LogP contribution in [0.2, 0.25) is 10.0 Å². The zero-order valence-corrected chi connectivity index (χ0v) is 18.7. The van der Waals surface area contributed by atoms with E-state index in [-0.39, 0.29) is 11.8 Å². The standard InChI is InChI=1S/C26H12Cl2N2O4/c27-17-5-7-21-19(11-17)25(31)33-23(29-21)15-3-1-13-9-16(4-2-14(13)10-15)24-30-22-8-6-18(28)12-20(22)26(32)34-24/h1-12H. The predicted octanol–water partition coefficient (Wildman–Crippen LogP) is 6.48. The Balaban J connectivity index is 1.43. The molecule has 2 aromatic heterocycles. The average Bonchev–Trinajstić information content (AvgIpc) is 2.84. The van der Waals surface area contributed by atoms with Gasteiger partial charge in [0.15, 0.2) is 0 Å². The SMILES string of the molecule is O=c1oc(-c2ccc3cc(-c4nc5ccc(Cl)cc5c(=O)o4)ccc3c2)nc2ccc(Cl)cc12. The molecule has 8 heteroatoms. The topological polar surface area (TPSA) is 86.2 Å². The van der Waals surface area contributed by atoms with Crippen LogP contribution in [0.3, 0.4) is 0 Å². The van der Waals surface area contributed by atoms with E-state index < -0.39 is 11.3 Å². The van der Waals surface area contributed by atoms with Crippen molar-refractivity contribution in [2.75, 3.05) is 0 Å². The molecule has 6 aromatic rings. The lowest BCUT2D eigenvalue weighted by Gasteiger charge is -2.06.